The summed E-state index contributed by atoms with van der Waals surface area (Å²) in [5.41, 5.74) is 1.10. The molecular formula is C35H55NO4. The van der Waals surface area contributed by atoms with Crippen molar-refractivity contribution in [2.24, 2.45) is 56.2 Å². The Morgan fingerprint density at radius 3 is 2.20 bits per heavy atom. The zero-order valence-electron chi connectivity index (χ0n) is 26.7. The first-order valence-electron chi connectivity index (χ1n) is 16.1. The molecule has 0 bridgehead atoms. The number of ketones is 1. The molecule has 224 valence electrons. The van der Waals surface area contributed by atoms with Crippen molar-refractivity contribution in [2.45, 2.75) is 133 Å². The first-order valence-corrected chi connectivity index (χ1v) is 16.1. The van der Waals surface area contributed by atoms with Gasteiger partial charge in [-0.15, -0.1) is 0 Å². The van der Waals surface area contributed by atoms with Crippen LogP contribution >= 0.6 is 0 Å². The number of rotatable bonds is 4. The van der Waals surface area contributed by atoms with Gasteiger partial charge in [0.05, 0.1) is 5.41 Å². The summed E-state index contributed by atoms with van der Waals surface area (Å²) >= 11 is 0. The summed E-state index contributed by atoms with van der Waals surface area (Å²) in [5.74, 6) is 0.382. The quantitative estimate of drug-likeness (QED) is 0.352. The van der Waals surface area contributed by atoms with E-state index in [1.807, 2.05) is 13.8 Å². The number of aliphatic carboxylic acids is 1. The SMILES string of the molecule is CC(C)[C@H](NC(=O)[C@]12CCC(C)(C)C[C@H]1C1=CC[C@@H]3[C@@]4(C)CCC(=O)C(C)(C)[C@@H]4CC[C@@]3(C)[C@]1(C)CC2)C(=O)O. The van der Waals surface area contributed by atoms with E-state index in [2.05, 4.69) is 59.9 Å². The fourth-order valence-electron chi connectivity index (χ4n) is 11.2. The Morgan fingerprint density at radius 2 is 1.57 bits per heavy atom. The number of nitrogens with one attached hydrogen (secondary N) is 1. The lowest BCUT2D eigenvalue weighted by molar-refractivity contribution is -0.186. The predicted octanol–water partition coefficient (Wildman–Crippen LogP) is 7.58. The fraction of sp³-hybridized carbons (Fsp3) is 0.857. The van der Waals surface area contributed by atoms with Crippen LogP contribution in [0.2, 0.25) is 0 Å². The lowest BCUT2D eigenvalue weighted by Crippen LogP contribution is -2.65. The van der Waals surface area contributed by atoms with Crippen LogP contribution in [-0.2, 0) is 14.4 Å². The van der Waals surface area contributed by atoms with Gasteiger partial charge < -0.3 is 10.4 Å². The van der Waals surface area contributed by atoms with Gasteiger partial charge >= 0.3 is 5.97 Å². The number of allylic oxidation sites excluding steroid dienone is 2. The average molecular weight is 554 g/mol. The molecule has 5 aliphatic carbocycles. The molecule has 0 aromatic rings. The minimum atomic E-state index is -0.945. The van der Waals surface area contributed by atoms with E-state index in [4.69, 9.17) is 0 Å². The van der Waals surface area contributed by atoms with E-state index in [0.717, 1.165) is 57.8 Å². The summed E-state index contributed by atoms with van der Waals surface area (Å²) in [7, 11) is 0. The maximum atomic E-state index is 14.2. The van der Waals surface area contributed by atoms with Crippen LogP contribution in [0.4, 0.5) is 0 Å². The van der Waals surface area contributed by atoms with Crippen molar-refractivity contribution < 1.29 is 19.5 Å². The van der Waals surface area contributed by atoms with Gasteiger partial charge in [-0.25, -0.2) is 4.79 Å². The molecule has 5 rings (SSSR count). The van der Waals surface area contributed by atoms with Crippen molar-refractivity contribution >= 4 is 17.7 Å². The zero-order chi connectivity index (χ0) is 29.7. The summed E-state index contributed by atoms with van der Waals surface area (Å²) in [6.07, 6.45) is 12.1. The van der Waals surface area contributed by atoms with Gasteiger partial charge in [0, 0.05) is 11.8 Å². The van der Waals surface area contributed by atoms with Crippen molar-refractivity contribution in [3.05, 3.63) is 11.6 Å². The van der Waals surface area contributed by atoms with Crippen LogP contribution in [0.25, 0.3) is 0 Å². The van der Waals surface area contributed by atoms with Crippen molar-refractivity contribution in [1.29, 1.82) is 0 Å². The van der Waals surface area contributed by atoms with Gasteiger partial charge in [0.2, 0.25) is 5.91 Å². The molecule has 0 aromatic carbocycles. The normalized spacial score (nSPS) is 44.3. The lowest BCUT2D eigenvalue weighted by Gasteiger charge is -2.70. The molecular weight excluding hydrogens is 498 g/mol. The molecule has 5 aliphatic rings. The van der Waals surface area contributed by atoms with E-state index in [1.54, 1.807) is 0 Å². The smallest absolute Gasteiger partial charge is 0.326 e. The highest BCUT2D eigenvalue weighted by Crippen LogP contribution is 2.75. The Hall–Kier alpha value is -1.65. The number of hydrogen-bond acceptors (Lipinski definition) is 3. The number of carboxylic acids is 1. The summed E-state index contributed by atoms with van der Waals surface area (Å²) in [6, 6.07) is -0.861. The Bertz CT molecular complexity index is 1130. The molecule has 5 nitrogen and oxygen atoms in total. The molecule has 1 amide bonds. The maximum Gasteiger partial charge on any atom is 0.326 e. The van der Waals surface area contributed by atoms with E-state index in [0.29, 0.717) is 24.0 Å². The highest BCUT2D eigenvalue weighted by Gasteiger charge is 2.69. The van der Waals surface area contributed by atoms with Crippen molar-refractivity contribution in [3.63, 3.8) is 0 Å². The van der Waals surface area contributed by atoms with Gasteiger partial charge in [-0.2, -0.15) is 0 Å². The summed E-state index contributed by atoms with van der Waals surface area (Å²) < 4.78 is 0. The van der Waals surface area contributed by atoms with E-state index >= 15 is 0 Å². The third-order valence-electron chi connectivity index (χ3n) is 14.1. The van der Waals surface area contributed by atoms with Gasteiger partial charge in [-0.3, -0.25) is 9.59 Å². The molecule has 40 heavy (non-hydrogen) atoms. The minimum absolute atomic E-state index is 0.00160. The van der Waals surface area contributed by atoms with Crippen LogP contribution in [0.15, 0.2) is 11.6 Å². The number of carbonyl (C=O) groups is 3. The van der Waals surface area contributed by atoms with Gasteiger partial charge in [0.25, 0.3) is 0 Å². The molecule has 8 atom stereocenters. The van der Waals surface area contributed by atoms with Gasteiger partial charge in [-0.1, -0.05) is 74.0 Å². The highest BCUT2D eigenvalue weighted by atomic mass is 16.4. The second-order valence-corrected chi connectivity index (χ2v) is 17.0. The average Bonchev–Trinajstić information content (AvgIpc) is 2.84. The molecule has 2 N–H and O–H groups in total. The topological polar surface area (TPSA) is 83.5 Å². The van der Waals surface area contributed by atoms with Crippen LogP contribution in [0, 0.1) is 56.2 Å². The molecule has 0 saturated heterocycles. The summed E-state index contributed by atoms with van der Waals surface area (Å²) in [6.45, 7) is 20.4. The fourth-order valence-corrected chi connectivity index (χ4v) is 11.2. The standard InChI is InChI=1S/C35H55NO4/c1-21(2)27(28(38)39)36-29(40)35-18-16-30(3,4)20-23(35)22-10-11-25-32(7)14-13-26(37)31(5,6)24(32)12-15-34(25,9)33(22,8)17-19-35/h10,21,23-25,27H,11-20H2,1-9H3,(H,36,40)(H,38,39)/t23-,24-,25+,27-,32-,33+,34+,35-/m0/s1. The van der Waals surface area contributed by atoms with Gasteiger partial charge in [0.1, 0.15) is 11.8 Å². The van der Waals surface area contributed by atoms with Crippen molar-refractivity contribution in [3.8, 4) is 0 Å². The van der Waals surface area contributed by atoms with Crippen LogP contribution < -0.4 is 5.32 Å². The Labute approximate surface area is 242 Å². The highest BCUT2D eigenvalue weighted by molar-refractivity contribution is 5.88. The maximum absolute atomic E-state index is 14.2. The second kappa shape index (κ2) is 9.17. The van der Waals surface area contributed by atoms with Crippen LogP contribution in [0.3, 0.4) is 0 Å². The largest absolute Gasteiger partial charge is 0.480 e. The first-order chi connectivity index (χ1) is 18.4. The number of fused-ring (bicyclic) bond motifs is 7. The number of amides is 1. The predicted molar refractivity (Wildman–Crippen MR) is 158 cm³/mol. The molecule has 4 fully saturated rings. The van der Waals surface area contributed by atoms with Crippen molar-refractivity contribution in [1.82, 2.24) is 5.32 Å². The van der Waals surface area contributed by atoms with Crippen molar-refractivity contribution in [2.75, 3.05) is 0 Å². The van der Waals surface area contributed by atoms with Crippen LogP contribution in [0.5, 0.6) is 0 Å². The van der Waals surface area contributed by atoms with Crippen LogP contribution in [-0.4, -0.2) is 28.8 Å². The third kappa shape index (κ3) is 3.94. The van der Waals surface area contributed by atoms with E-state index in [1.165, 1.54) is 5.57 Å². The summed E-state index contributed by atoms with van der Waals surface area (Å²) in [5, 5.41) is 12.9. The minimum Gasteiger partial charge on any atom is -0.480 e. The molecule has 0 radical (unpaired) electrons. The van der Waals surface area contributed by atoms with Gasteiger partial charge in [-0.05, 0) is 103 Å². The Balaban J connectivity index is 1.56. The van der Waals surface area contributed by atoms with E-state index in [9.17, 15) is 19.5 Å². The van der Waals surface area contributed by atoms with E-state index < -0.39 is 17.4 Å². The molecule has 0 spiro atoms. The molecule has 0 unspecified atom stereocenters. The number of carbonyl (C=O) groups excluding carboxylic acids is 2. The monoisotopic (exact) mass is 553 g/mol. The Morgan fingerprint density at radius 1 is 0.925 bits per heavy atom. The molecule has 0 heterocycles. The third-order valence-corrected chi connectivity index (χ3v) is 14.1. The summed E-state index contributed by atoms with van der Waals surface area (Å²) in [4.78, 5) is 39.3. The molecule has 5 heteroatoms. The van der Waals surface area contributed by atoms with Gasteiger partial charge in [0.15, 0.2) is 0 Å². The number of hydrogen-bond donors (Lipinski definition) is 2. The molecule has 0 aliphatic heterocycles. The molecule has 0 aromatic heterocycles. The van der Waals surface area contributed by atoms with Crippen LogP contribution in [0.1, 0.15) is 127 Å². The first kappa shape index (κ1) is 29.8. The lowest BCUT2D eigenvalue weighted by atomic mass is 9.33. The zero-order valence-corrected chi connectivity index (χ0v) is 26.7. The number of Topliss-reactive ketones (excluding diaryl/α,β-unsaturated/α-hetero) is 1. The van der Waals surface area contributed by atoms with E-state index in [-0.39, 0.29) is 44.8 Å². The number of carboxylic acid groups (broad SMARTS) is 1. The second-order valence-electron chi connectivity index (χ2n) is 17.0. The Kier molecular flexibility index (Phi) is 6.84. The molecule has 4 saturated carbocycles.